The summed E-state index contributed by atoms with van der Waals surface area (Å²) in [6, 6.07) is 66.9. The highest BCUT2D eigenvalue weighted by Gasteiger charge is 2.20. The number of para-hydroxylation sites is 4. The van der Waals surface area contributed by atoms with Gasteiger partial charge in [0, 0.05) is 48.7 Å². The minimum absolute atomic E-state index is 0.616. The Morgan fingerprint density at radius 2 is 0.807 bits per heavy atom. The van der Waals surface area contributed by atoms with Crippen LogP contribution in [0.3, 0.4) is 0 Å². The maximum absolute atomic E-state index is 5.36. The smallest absolute Gasteiger partial charge is 0.174 e. The maximum atomic E-state index is 5.36. The molecule has 266 valence electrons. The van der Waals surface area contributed by atoms with Gasteiger partial charge in [0.25, 0.3) is 0 Å². The molecule has 5 nitrogen and oxygen atoms in total. The molecule has 0 fully saturated rings. The Kier molecular flexibility index (Phi) is 7.03. The molecule has 4 heterocycles. The van der Waals surface area contributed by atoms with E-state index >= 15 is 0 Å². The van der Waals surface area contributed by atoms with Crippen LogP contribution in [0, 0.1) is 0 Å². The van der Waals surface area contributed by atoms with E-state index in [2.05, 4.69) is 197 Å². The molecule has 0 atom stereocenters. The number of hydrogen-bond acceptors (Lipinski definition) is 4. The molecule has 0 aliphatic rings. The van der Waals surface area contributed by atoms with Crippen LogP contribution in [0.1, 0.15) is 0 Å². The highest BCUT2D eigenvalue weighted by molar-refractivity contribution is 7.22. The summed E-state index contributed by atoms with van der Waals surface area (Å²) in [6.45, 7) is 0. The van der Waals surface area contributed by atoms with Crippen LogP contribution in [0.25, 0.3) is 109 Å². The summed E-state index contributed by atoms with van der Waals surface area (Å²) < 4.78 is 5.96. The summed E-state index contributed by atoms with van der Waals surface area (Å²) >= 11 is 1.71. The first-order valence-corrected chi connectivity index (χ1v) is 19.9. The molecule has 0 saturated heterocycles. The van der Waals surface area contributed by atoms with E-state index in [1.54, 1.807) is 11.3 Å². The molecule has 57 heavy (non-hydrogen) atoms. The minimum atomic E-state index is 0.616. The summed E-state index contributed by atoms with van der Waals surface area (Å²) in [5.74, 6) is 1.92. The molecule has 6 heteroatoms. The van der Waals surface area contributed by atoms with Crippen molar-refractivity contribution in [2.75, 3.05) is 0 Å². The van der Waals surface area contributed by atoms with Crippen molar-refractivity contribution in [2.24, 2.45) is 0 Å². The number of aromatic nitrogens is 5. The highest BCUT2D eigenvalue weighted by atomic mass is 32.1. The summed E-state index contributed by atoms with van der Waals surface area (Å²) in [5.41, 5.74) is 8.49. The van der Waals surface area contributed by atoms with Crippen LogP contribution in [0.4, 0.5) is 0 Å². The van der Waals surface area contributed by atoms with Crippen molar-refractivity contribution in [1.82, 2.24) is 24.1 Å². The average Bonchev–Trinajstić information content (AvgIpc) is 3.97. The average molecular weight is 746 g/mol. The molecule has 12 aromatic rings. The van der Waals surface area contributed by atoms with Crippen molar-refractivity contribution in [3.8, 4) is 44.9 Å². The predicted molar refractivity (Wildman–Crippen MR) is 238 cm³/mol. The lowest BCUT2D eigenvalue weighted by Crippen LogP contribution is -2.03. The van der Waals surface area contributed by atoms with E-state index in [0.717, 1.165) is 60.2 Å². The molecule has 0 unspecified atom stereocenters. The fourth-order valence-corrected chi connectivity index (χ4v) is 9.63. The van der Waals surface area contributed by atoms with Crippen LogP contribution in [0.5, 0.6) is 0 Å². The monoisotopic (exact) mass is 745 g/mol. The van der Waals surface area contributed by atoms with Gasteiger partial charge in [-0.25, -0.2) is 15.0 Å². The van der Waals surface area contributed by atoms with E-state index in [-0.39, 0.29) is 0 Å². The molecule has 0 radical (unpaired) electrons. The van der Waals surface area contributed by atoms with Crippen LogP contribution >= 0.6 is 11.3 Å². The van der Waals surface area contributed by atoms with E-state index in [1.165, 1.54) is 31.6 Å². The van der Waals surface area contributed by atoms with Crippen LogP contribution in [0.15, 0.2) is 188 Å². The fraction of sp³-hybridized carbons (Fsp3) is 0. The third kappa shape index (κ3) is 5.04. The molecular weight excluding hydrogens is 715 g/mol. The van der Waals surface area contributed by atoms with Gasteiger partial charge in [-0.1, -0.05) is 133 Å². The van der Waals surface area contributed by atoms with E-state index in [9.17, 15) is 0 Å². The van der Waals surface area contributed by atoms with Gasteiger partial charge in [-0.2, -0.15) is 0 Å². The van der Waals surface area contributed by atoms with Crippen LogP contribution in [-0.4, -0.2) is 24.1 Å². The van der Waals surface area contributed by atoms with Gasteiger partial charge in [-0.05, 0) is 70.8 Å². The van der Waals surface area contributed by atoms with Gasteiger partial charge in [0.05, 0.1) is 26.9 Å². The second-order valence-electron chi connectivity index (χ2n) is 14.5. The van der Waals surface area contributed by atoms with Gasteiger partial charge < -0.3 is 9.13 Å². The molecule has 8 aromatic carbocycles. The van der Waals surface area contributed by atoms with Crippen molar-refractivity contribution in [3.63, 3.8) is 0 Å². The predicted octanol–water partition coefficient (Wildman–Crippen LogP) is 13.4. The Labute approximate surface area is 331 Å². The molecule has 0 aliphatic heterocycles. The van der Waals surface area contributed by atoms with Crippen molar-refractivity contribution in [1.29, 1.82) is 0 Å². The molecule has 0 bridgehead atoms. The van der Waals surface area contributed by atoms with Crippen LogP contribution < -0.4 is 0 Å². The summed E-state index contributed by atoms with van der Waals surface area (Å²) in [4.78, 5) is 16.9. The van der Waals surface area contributed by atoms with E-state index < -0.39 is 0 Å². The number of hydrogen-bond donors (Lipinski definition) is 0. The zero-order valence-corrected chi connectivity index (χ0v) is 31.4. The van der Waals surface area contributed by atoms with E-state index in [4.69, 9.17) is 15.0 Å². The van der Waals surface area contributed by atoms with Gasteiger partial charge in [-0.3, -0.25) is 0 Å². The van der Waals surface area contributed by atoms with Crippen molar-refractivity contribution < 1.29 is 0 Å². The van der Waals surface area contributed by atoms with Crippen molar-refractivity contribution in [2.45, 2.75) is 0 Å². The molecule has 12 rings (SSSR count). The van der Waals surface area contributed by atoms with E-state index in [1.807, 2.05) is 0 Å². The largest absolute Gasteiger partial charge is 0.309 e. The number of benzene rings is 8. The zero-order chi connectivity index (χ0) is 37.5. The normalized spacial score (nSPS) is 11.9. The summed E-state index contributed by atoms with van der Waals surface area (Å²) in [7, 11) is 0. The molecule has 0 N–H and O–H groups in total. The first-order valence-electron chi connectivity index (χ1n) is 19.1. The molecule has 0 saturated carbocycles. The molecule has 0 aliphatic carbocycles. The Hall–Kier alpha value is -7.41. The number of rotatable bonds is 5. The quantitative estimate of drug-likeness (QED) is 0.176. The van der Waals surface area contributed by atoms with Gasteiger partial charge in [0.2, 0.25) is 0 Å². The van der Waals surface area contributed by atoms with E-state index in [0.29, 0.717) is 17.5 Å². The first-order chi connectivity index (χ1) is 28.2. The van der Waals surface area contributed by atoms with Crippen LogP contribution in [0.2, 0.25) is 0 Å². The number of fused-ring (bicyclic) bond motifs is 8. The molecule has 0 spiro atoms. The summed E-state index contributed by atoms with van der Waals surface area (Å²) in [5, 5.41) is 8.26. The highest BCUT2D eigenvalue weighted by Crippen LogP contribution is 2.39. The lowest BCUT2D eigenvalue weighted by atomic mass is 10.0. The van der Waals surface area contributed by atoms with Crippen molar-refractivity contribution in [3.05, 3.63) is 188 Å². The maximum Gasteiger partial charge on any atom is 0.174 e. The summed E-state index contributed by atoms with van der Waals surface area (Å²) in [6.07, 6.45) is 0. The number of nitrogens with zero attached hydrogens (tertiary/aromatic N) is 5. The van der Waals surface area contributed by atoms with Gasteiger partial charge in [0.15, 0.2) is 17.5 Å². The molecule has 0 amide bonds. The third-order valence-electron chi connectivity index (χ3n) is 11.1. The lowest BCUT2D eigenvalue weighted by Gasteiger charge is -2.16. The Bertz CT molecular complexity index is 3280. The first kappa shape index (κ1) is 31.9. The van der Waals surface area contributed by atoms with Gasteiger partial charge in [-0.15, -0.1) is 11.3 Å². The van der Waals surface area contributed by atoms with Gasteiger partial charge in [0.1, 0.15) is 0 Å². The topological polar surface area (TPSA) is 48.5 Å². The number of thiophene rings is 1. The second kappa shape index (κ2) is 12.6. The SMILES string of the molecule is c1ccc2sc(-c3nc(-c4cc(-n5c6ccccc6c6ccccc65)cc(-n5c6ccccc6c6ccccc65)c4)nc(-c4cccc5ccccc45)n3)cc2c1. The fourth-order valence-electron chi connectivity index (χ4n) is 8.63. The standard InChI is InChI=1S/C51H31N5S/c1-3-17-37-32(14-1)16-13-22-42(37)50-52-49(53-51(54-50)48-30-33-15-2-12-27-47(33)57-48)34-28-35(55-43-23-8-4-18-38(43)39-19-5-9-24-44(39)55)31-36(29-34)56-45-25-10-6-20-40(45)41-21-7-11-26-46(41)56/h1-31H. The molecule has 4 aromatic heterocycles. The third-order valence-corrected chi connectivity index (χ3v) is 12.3. The van der Waals surface area contributed by atoms with Gasteiger partial charge >= 0.3 is 0 Å². The second-order valence-corrected chi connectivity index (χ2v) is 15.5. The Balaban J connectivity index is 1.19. The Morgan fingerprint density at radius 3 is 1.39 bits per heavy atom. The van der Waals surface area contributed by atoms with Crippen LogP contribution in [-0.2, 0) is 0 Å². The van der Waals surface area contributed by atoms with Crippen molar-refractivity contribution >= 4 is 75.8 Å². The molecular formula is C51H31N5S. The zero-order valence-electron chi connectivity index (χ0n) is 30.5. The Morgan fingerprint density at radius 1 is 0.351 bits per heavy atom. The lowest BCUT2D eigenvalue weighted by molar-refractivity contribution is 1.07. The minimum Gasteiger partial charge on any atom is -0.309 e.